The van der Waals surface area contributed by atoms with E-state index in [-0.39, 0.29) is 23.6 Å². The topological polar surface area (TPSA) is 82.5 Å². The fourth-order valence-corrected chi connectivity index (χ4v) is 1.41. The number of aliphatic hydroxyl groups excluding tert-OH is 2. The summed E-state index contributed by atoms with van der Waals surface area (Å²) in [6, 6.07) is 1.43. The van der Waals surface area contributed by atoms with Crippen LogP contribution >= 0.6 is 0 Å². The first kappa shape index (κ1) is 13.5. The van der Waals surface area contributed by atoms with Crippen LogP contribution in [0.2, 0.25) is 0 Å². The van der Waals surface area contributed by atoms with Crippen molar-refractivity contribution in [1.29, 1.82) is 0 Å². The van der Waals surface area contributed by atoms with E-state index in [1.165, 1.54) is 26.1 Å². The first-order valence-corrected chi connectivity index (χ1v) is 5.15. The van der Waals surface area contributed by atoms with E-state index in [1.54, 1.807) is 0 Å². The normalized spacial score (nSPS) is 14.2. The van der Waals surface area contributed by atoms with Crippen molar-refractivity contribution < 1.29 is 19.4 Å². The number of pyridine rings is 1. The van der Waals surface area contributed by atoms with Gasteiger partial charge in [0.25, 0.3) is 0 Å². The van der Waals surface area contributed by atoms with Gasteiger partial charge in [-0.25, -0.2) is 4.98 Å². The highest BCUT2D eigenvalue weighted by Crippen LogP contribution is 2.21. The maximum atomic E-state index is 13.1. The molecule has 3 N–H and O–H groups in total. The molecule has 0 saturated heterocycles. The molecule has 1 aromatic rings. The van der Waals surface area contributed by atoms with E-state index in [9.17, 15) is 19.4 Å². The predicted octanol–water partition coefficient (Wildman–Crippen LogP) is 0.0595. The molecule has 2 atom stereocenters. The maximum Gasteiger partial charge on any atom is 0.216 e. The van der Waals surface area contributed by atoms with Crippen molar-refractivity contribution >= 4 is 5.91 Å². The van der Waals surface area contributed by atoms with Gasteiger partial charge in [-0.3, -0.25) is 4.79 Å². The van der Waals surface area contributed by atoms with Crippen LogP contribution in [-0.4, -0.2) is 33.8 Å². The number of carbonyl (C=O) groups is 1. The van der Waals surface area contributed by atoms with Gasteiger partial charge in [0.2, 0.25) is 11.9 Å². The lowest BCUT2D eigenvalue weighted by atomic mass is 10.0. The number of nitrogens with zero attached hydrogens (tertiary/aromatic N) is 1. The maximum absolute atomic E-state index is 13.1. The van der Waals surface area contributed by atoms with Gasteiger partial charge >= 0.3 is 0 Å². The zero-order valence-electron chi connectivity index (χ0n) is 9.64. The Morgan fingerprint density at radius 3 is 2.82 bits per heavy atom. The SMILES string of the molecule is CC(=O)NCC(O)C(O)c1ccnc(F)c1C. The molecule has 0 saturated carbocycles. The van der Waals surface area contributed by atoms with Crippen LogP contribution in [-0.2, 0) is 4.79 Å². The summed E-state index contributed by atoms with van der Waals surface area (Å²) in [6.45, 7) is 2.67. The van der Waals surface area contributed by atoms with Gasteiger partial charge in [-0.15, -0.1) is 0 Å². The number of nitrogens with one attached hydrogen (secondary N) is 1. The number of hydrogen-bond acceptors (Lipinski definition) is 4. The molecule has 0 spiro atoms. The number of aromatic nitrogens is 1. The molecule has 5 nitrogen and oxygen atoms in total. The minimum atomic E-state index is -1.26. The summed E-state index contributed by atoms with van der Waals surface area (Å²) in [5, 5.41) is 21.8. The van der Waals surface area contributed by atoms with Crippen LogP contribution in [0.4, 0.5) is 4.39 Å². The van der Waals surface area contributed by atoms with Gasteiger partial charge in [0.1, 0.15) is 12.2 Å². The molecule has 0 aliphatic carbocycles. The van der Waals surface area contributed by atoms with Crippen LogP contribution in [0.1, 0.15) is 24.2 Å². The van der Waals surface area contributed by atoms with Crippen molar-refractivity contribution in [2.45, 2.75) is 26.1 Å². The van der Waals surface area contributed by atoms with Crippen LogP contribution in [0.3, 0.4) is 0 Å². The molecule has 0 aliphatic heterocycles. The Hall–Kier alpha value is -1.53. The van der Waals surface area contributed by atoms with E-state index in [0.717, 1.165) is 0 Å². The Kier molecular flexibility index (Phi) is 4.53. The van der Waals surface area contributed by atoms with Crippen LogP contribution in [0.25, 0.3) is 0 Å². The number of hydrogen-bond donors (Lipinski definition) is 3. The minimum Gasteiger partial charge on any atom is -0.388 e. The van der Waals surface area contributed by atoms with Gasteiger partial charge in [-0.05, 0) is 18.6 Å². The van der Waals surface area contributed by atoms with Crippen molar-refractivity contribution in [3.63, 3.8) is 0 Å². The Morgan fingerprint density at radius 2 is 2.24 bits per heavy atom. The fraction of sp³-hybridized carbons (Fsp3) is 0.455. The molecule has 2 unspecified atom stereocenters. The number of carbonyl (C=O) groups excluding carboxylic acids is 1. The molecule has 1 amide bonds. The third kappa shape index (κ3) is 3.47. The number of aliphatic hydroxyl groups is 2. The molecule has 0 fully saturated rings. The second-order valence-corrected chi connectivity index (χ2v) is 3.77. The van der Waals surface area contributed by atoms with Gasteiger partial charge in [0.05, 0.1) is 0 Å². The quantitative estimate of drug-likeness (QED) is 0.652. The molecule has 0 radical (unpaired) electrons. The first-order valence-electron chi connectivity index (χ1n) is 5.15. The molecule has 1 aromatic heterocycles. The van der Waals surface area contributed by atoms with Gasteiger partial charge in [0, 0.05) is 25.2 Å². The molecular weight excluding hydrogens is 227 g/mol. The molecule has 17 heavy (non-hydrogen) atoms. The zero-order chi connectivity index (χ0) is 13.0. The number of rotatable bonds is 4. The molecule has 1 rings (SSSR count). The highest BCUT2D eigenvalue weighted by Gasteiger charge is 2.21. The summed E-state index contributed by atoms with van der Waals surface area (Å²) >= 11 is 0. The standard InChI is InChI=1S/C11H15FN2O3/c1-6-8(3-4-13-11(6)12)10(17)9(16)5-14-7(2)15/h3-4,9-10,16-17H,5H2,1-2H3,(H,14,15). The van der Waals surface area contributed by atoms with Crippen molar-refractivity contribution in [2.24, 2.45) is 0 Å². The smallest absolute Gasteiger partial charge is 0.216 e. The number of amides is 1. The van der Waals surface area contributed by atoms with Crippen molar-refractivity contribution in [2.75, 3.05) is 6.54 Å². The second-order valence-electron chi connectivity index (χ2n) is 3.77. The van der Waals surface area contributed by atoms with E-state index in [0.29, 0.717) is 0 Å². The van der Waals surface area contributed by atoms with Crippen molar-refractivity contribution in [3.05, 3.63) is 29.3 Å². The van der Waals surface area contributed by atoms with Crippen LogP contribution < -0.4 is 5.32 Å². The lowest BCUT2D eigenvalue weighted by molar-refractivity contribution is -0.119. The largest absolute Gasteiger partial charge is 0.388 e. The van der Waals surface area contributed by atoms with Crippen molar-refractivity contribution in [3.8, 4) is 0 Å². The monoisotopic (exact) mass is 242 g/mol. The first-order chi connectivity index (χ1) is 7.93. The van der Waals surface area contributed by atoms with Gasteiger partial charge in [0.15, 0.2) is 0 Å². The molecule has 1 heterocycles. The van der Waals surface area contributed by atoms with E-state index >= 15 is 0 Å². The van der Waals surface area contributed by atoms with Crippen LogP contribution in [0.15, 0.2) is 12.3 Å². The number of halogens is 1. The lowest BCUT2D eigenvalue weighted by Crippen LogP contribution is -2.34. The van der Waals surface area contributed by atoms with Gasteiger partial charge in [-0.2, -0.15) is 4.39 Å². The average molecular weight is 242 g/mol. The molecular formula is C11H15FN2O3. The predicted molar refractivity (Wildman–Crippen MR) is 58.6 cm³/mol. The van der Waals surface area contributed by atoms with E-state index in [4.69, 9.17) is 0 Å². The third-order valence-corrected chi connectivity index (χ3v) is 2.43. The summed E-state index contributed by atoms with van der Waals surface area (Å²) in [7, 11) is 0. The third-order valence-electron chi connectivity index (χ3n) is 2.43. The Bertz CT molecular complexity index is 412. The lowest BCUT2D eigenvalue weighted by Gasteiger charge is -2.19. The summed E-state index contributed by atoms with van der Waals surface area (Å²) < 4.78 is 13.1. The molecule has 0 bridgehead atoms. The van der Waals surface area contributed by atoms with E-state index in [1.807, 2.05) is 0 Å². The molecule has 94 valence electrons. The summed E-state index contributed by atoms with van der Waals surface area (Å²) in [5.74, 6) is -0.998. The van der Waals surface area contributed by atoms with E-state index < -0.39 is 18.2 Å². The summed E-state index contributed by atoms with van der Waals surface area (Å²) in [4.78, 5) is 14.1. The van der Waals surface area contributed by atoms with E-state index in [2.05, 4.69) is 10.3 Å². The van der Waals surface area contributed by atoms with Gasteiger partial charge in [-0.1, -0.05) is 0 Å². The summed E-state index contributed by atoms with van der Waals surface area (Å²) in [5.41, 5.74) is 0.442. The molecule has 0 aromatic carbocycles. The Labute approximate surface area is 98.3 Å². The van der Waals surface area contributed by atoms with Crippen molar-refractivity contribution in [1.82, 2.24) is 10.3 Å². The Morgan fingerprint density at radius 1 is 1.59 bits per heavy atom. The van der Waals surface area contributed by atoms with Gasteiger partial charge < -0.3 is 15.5 Å². The van der Waals surface area contributed by atoms with Crippen LogP contribution in [0.5, 0.6) is 0 Å². The highest BCUT2D eigenvalue weighted by molar-refractivity contribution is 5.72. The molecule has 0 aliphatic rings. The molecule has 6 heteroatoms. The fourth-order valence-electron chi connectivity index (χ4n) is 1.41. The highest BCUT2D eigenvalue weighted by atomic mass is 19.1. The second kappa shape index (κ2) is 5.70. The Balaban J connectivity index is 2.77. The minimum absolute atomic E-state index is 0.0973. The summed E-state index contributed by atoms with van der Waals surface area (Å²) in [6.07, 6.45) is -1.25. The average Bonchev–Trinajstić information content (AvgIpc) is 2.28. The zero-order valence-corrected chi connectivity index (χ0v) is 9.64. The van der Waals surface area contributed by atoms with Crippen LogP contribution in [0, 0.1) is 12.9 Å².